The molecule has 0 aromatic rings. The van der Waals surface area contributed by atoms with E-state index in [0.29, 0.717) is 6.10 Å². The van der Waals surface area contributed by atoms with Crippen LogP contribution in [-0.2, 0) is 4.74 Å². The predicted molar refractivity (Wildman–Crippen MR) is 62.1 cm³/mol. The molecule has 0 aliphatic carbocycles. The molecule has 0 aromatic heterocycles. The Morgan fingerprint density at radius 2 is 2.27 bits per heavy atom. The summed E-state index contributed by atoms with van der Waals surface area (Å²) in [7, 11) is 0. The third kappa shape index (κ3) is 4.09. The fourth-order valence-corrected chi connectivity index (χ4v) is 2.54. The summed E-state index contributed by atoms with van der Waals surface area (Å²) in [6.45, 7) is 5.71. The standard InChI is InChI=1S/C12H24N2O/c1-3-11(9-13-6-1)10-14-7-5-12-4-2-8-15-12/h11-14H,1-10H2. The van der Waals surface area contributed by atoms with E-state index in [-0.39, 0.29) is 0 Å². The molecule has 0 bridgehead atoms. The van der Waals surface area contributed by atoms with E-state index in [2.05, 4.69) is 10.6 Å². The van der Waals surface area contributed by atoms with Crippen molar-refractivity contribution in [2.75, 3.05) is 32.8 Å². The maximum atomic E-state index is 5.59. The van der Waals surface area contributed by atoms with Gasteiger partial charge in [-0.15, -0.1) is 0 Å². The maximum Gasteiger partial charge on any atom is 0.0588 e. The Bertz CT molecular complexity index is 163. The van der Waals surface area contributed by atoms with Crippen LogP contribution >= 0.6 is 0 Å². The quantitative estimate of drug-likeness (QED) is 0.671. The molecule has 2 rings (SSSR count). The Balaban J connectivity index is 1.47. The van der Waals surface area contributed by atoms with Gasteiger partial charge in [-0.25, -0.2) is 0 Å². The molecule has 88 valence electrons. The fourth-order valence-electron chi connectivity index (χ4n) is 2.54. The SMILES string of the molecule is C1CNCC(CNCCC2CCCO2)C1. The number of hydrogen-bond donors (Lipinski definition) is 2. The van der Waals surface area contributed by atoms with Crippen molar-refractivity contribution in [1.82, 2.24) is 10.6 Å². The lowest BCUT2D eigenvalue weighted by molar-refractivity contribution is 0.104. The van der Waals surface area contributed by atoms with E-state index < -0.39 is 0 Å². The number of ether oxygens (including phenoxy) is 1. The van der Waals surface area contributed by atoms with Gasteiger partial charge < -0.3 is 15.4 Å². The summed E-state index contributed by atoms with van der Waals surface area (Å²) in [6.07, 6.45) is 7.00. The molecule has 2 atom stereocenters. The first-order valence-corrected chi connectivity index (χ1v) is 6.48. The van der Waals surface area contributed by atoms with Crippen LogP contribution in [0.25, 0.3) is 0 Å². The van der Waals surface area contributed by atoms with Crippen molar-refractivity contribution < 1.29 is 4.74 Å². The molecule has 0 saturated carbocycles. The summed E-state index contributed by atoms with van der Waals surface area (Å²) in [5, 5.41) is 7.01. The van der Waals surface area contributed by atoms with Crippen molar-refractivity contribution in [3.63, 3.8) is 0 Å². The first kappa shape index (κ1) is 11.4. The number of hydrogen-bond acceptors (Lipinski definition) is 3. The Morgan fingerprint density at radius 1 is 1.27 bits per heavy atom. The Kier molecular flexibility index (Phi) is 4.90. The van der Waals surface area contributed by atoms with Gasteiger partial charge in [0.1, 0.15) is 0 Å². The minimum atomic E-state index is 0.544. The van der Waals surface area contributed by atoms with Gasteiger partial charge in [-0.05, 0) is 64.2 Å². The van der Waals surface area contributed by atoms with Crippen molar-refractivity contribution in [1.29, 1.82) is 0 Å². The average Bonchev–Trinajstić information content (AvgIpc) is 2.79. The van der Waals surface area contributed by atoms with Crippen LogP contribution in [0.3, 0.4) is 0 Å². The molecule has 2 saturated heterocycles. The zero-order chi connectivity index (χ0) is 10.3. The Labute approximate surface area is 93.0 Å². The third-order valence-corrected chi connectivity index (χ3v) is 3.50. The van der Waals surface area contributed by atoms with Gasteiger partial charge in [0.15, 0.2) is 0 Å². The minimum absolute atomic E-state index is 0.544. The molecule has 2 unspecified atom stereocenters. The molecule has 15 heavy (non-hydrogen) atoms. The molecular formula is C12H24N2O. The van der Waals surface area contributed by atoms with Crippen LogP contribution in [0, 0.1) is 5.92 Å². The highest BCUT2D eigenvalue weighted by atomic mass is 16.5. The summed E-state index contributed by atoms with van der Waals surface area (Å²) in [5.41, 5.74) is 0. The lowest BCUT2D eigenvalue weighted by atomic mass is 10.00. The van der Waals surface area contributed by atoms with E-state index >= 15 is 0 Å². The maximum absolute atomic E-state index is 5.59. The zero-order valence-electron chi connectivity index (χ0n) is 9.63. The van der Waals surface area contributed by atoms with Crippen molar-refractivity contribution in [3.8, 4) is 0 Å². The van der Waals surface area contributed by atoms with E-state index in [0.717, 1.165) is 19.1 Å². The molecule has 0 spiro atoms. The Hall–Kier alpha value is -0.120. The molecule has 2 aliphatic rings. The number of piperidine rings is 1. The molecule has 0 amide bonds. The van der Waals surface area contributed by atoms with Crippen LogP contribution in [0.5, 0.6) is 0 Å². The average molecular weight is 212 g/mol. The van der Waals surface area contributed by atoms with Gasteiger partial charge in [-0.1, -0.05) is 0 Å². The van der Waals surface area contributed by atoms with Gasteiger partial charge in [-0.2, -0.15) is 0 Å². The topological polar surface area (TPSA) is 33.3 Å². The van der Waals surface area contributed by atoms with Crippen LogP contribution in [0.15, 0.2) is 0 Å². The van der Waals surface area contributed by atoms with E-state index in [1.807, 2.05) is 0 Å². The van der Waals surface area contributed by atoms with Crippen molar-refractivity contribution >= 4 is 0 Å². The first-order valence-electron chi connectivity index (χ1n) is 6.48. The van der Waals surface area contributed by atoms with Gasteiger partial charge >= 0.3 is 0 Å². The Morgan fingerprint density at radius 3 is 3.00 bits per heavy atom. The molecule has 2 fully saturated rings. The third-order valence-electron chi connectivity index (χ3n) is 3.50. The summed E-state index contributed by atoms with van der Waals surface area (Å²) in [4.78, 5) is 0. The van der Waals surface area contributed by atoms with Gasteiger partial charge in [-0.3, -0.25) is 0 Å². The lowest BCUT2D eigenvalue weighted by Crippen LogP contribution is -2.36. The van der Waals surface area contributed by atoms with Crippen molar-refractivity contribution in [3.05, 3.63) is 0 Å². The van der Waals surface area contributed by atoms with E-state index in [4.69, 9.17) is 4.74 Å². The first-order chi connectivity index (χ1) is 7.45. The largest absolute Gasteiger partial charge is 0.378 e. The highest BCUT2D eigenvalue weighted by Gasteiger charge is 2.15. The van der Waals surface area contributed by atoms with Crippen LogP contribution in [0.4, 0.5) is 0 Å². The van der Waals surface area contributed by atoms with Crippen LogP contribution in [0.1, 0.15) is 32.1 Å². The molecule has 3 heteroatoms. The summed E-state index contributed by atoms with van der Waals surface area (Å²) in [5.74, 6) is 0.850. The summed E-state index contributed by atoms with van der Waals surface area (Å²) in [6, 6.07) is 0. The van der Waals surface area contributed by atoms with E-state index in [1.54, 1.807) is 0 Å². The highest BCUT2D eigenvalue weighted by molar-refractivity contribution is 4.72. The molecule has 0 aromatic carbocycles. The van der Waals surface area contributed by atoms with Crippen molar-refractivity contribution in [2.24, 2.45) is 5.92 Å². The van der Waals surface area contributed by atoms with Crippen LogP contribution in [-0.4, -0.2) is 38.9 Å². The minimum Gasteiger partial charge on any atom is -0.378 e. The monoisotopic (exact) mass is 212 g/mol. The van der Waals surface area contributed by atoms with Gasteiger partial charge in [0, 0.05) is 6.61 Å². The fraction of sp³-hybridized carbons (Fsp3) is 1.00. The molecule has 2 N–H and O–H groups in total. The highest BCUT2D eigenvalue weighted by Crippen LogP contribution is 2.14. The second kappa shape index (κ2) is 6.46. The van der Waals surface area contributed by atoms with E-state index in [1.165, 1.54) is 51.7 Å². The van der Waals surface area contributed by atoms with Gasteiger partial charge in [0.05, 0.1) is 6.10 Å². The molecule has 2 aliphatic heterocycles. The van der Waals surface area contributed by atoms with Crippen LogP contribution in [0.2, 0.25) is 0 Å². The molecule has 0 radical (unpaired) electrons. The predicted octanol–water partition coefficient (Wildman–Crippen LogP) is 1.14. The molecular weight excluding hydrogens is 188 g/mol. The zero-order valence-corrected chi connectivity index (χ0v) is 9.63. The normalized spacial score (nSPS) is 32.0. The van der Waals surface area contributed by atoms with Gasteiger partial charge in [0.2, 0.25) is 0 Å². The number of nitrogens with one attached hydrogen (secondary N) is 2. The number of rotatable bonds is 5. The lowest BCUT2D eigenvalue weighted by Gasteiger charge is -2.23. The second-order valence-electron chi connectivity index (χ2n) is 4.84. The van der Waals surface area contributed by atoms with Crippen LogP contribution < -0.4 is 10.6 Å². The summed E-state index contributed by atoms with van der Waals surface area (Å²) >= 11 is 0. The second-order valence-corrected chi connectivity index (χ2v) is 4.84. The summed E-state index contributed by atoms with van der Waals surface area (Å²) < 4.78 is 5.59. The molecule has 2 heterocycles. The molecule has 3 nitrogen and oxygen atoms in total. The van der Waals surface area contributed by atoms with E-state index in [9.17, 15) is 0 Å². The van der Waals surface area contributed by atoms with Gasteiger partial charge in [0.25, 0.3) is 0 Å². The smallest absolute Gasteiger partial charge is 0.0588 e. The van der Waals surface area contributed by atoms with Crippen molar-refractivity contribution in [2.45, 2.75) is 38.2 Å².